The number of carbonyl (C=O) groups excluding carboxylic acids is 11. The number of fused-ring (bicyclic) bond motifs is 20. The lowest BCUT2D eigenvalue weighted by atomic mass is 9.74. The predicted molar refractivity (Wildman–Crippen MR) is 316 cm³/mol. The molecule has 91 heavy (non-hydrogen) atoms. The first-order valence-electron chi connectivity index (χ1n) is 33.3. The van der Waals surface area contributed by atoms with Crippen LogP contribution >= 0.6 is 0 Å². The molecule has 4 heterocycles. The quantitative estimate of drug-likeness (QED) is 0.0915. The van der Waals surface area contributed by atoms with E-state index >= 15 is 0 Å². The van der Waals surface area contributed by atoms with Crippen molar-refractivity contribution in [3.63, 3.8) is 0 Å². The summed E-state index contributed by atoms with van der Waals surface area (Å²) in [4.78, 5) is 131. The summed E-state index contributed by atoms with van der Waals surface area (Å²) in [6.07, 6.45) is 6.74. The first-order valence-corrected chi connectivity index (χ1v) is 33.3. The Kier molecular flexibility index (Phi) is 20.8. The second kappa shape index (κ2) is 27.2. The summed E-state index contributed by atoms with van der Waals surface area (Å²) in [6.45, 7) is 24.9. The third-order valence-electron chi connectivity index (χ3n) is 23.9. The van der Waals surface area contributed by atoms with E-state index in [2.05, 4.69) is 0 Å². The fraction of sp³-hybridized carbons (Fsp3) is 0.838. The van der Waals surface area contributed by atoms with E-state index in [1.165, 1.54) is 0 Å². The zero-order valence-electron chi connectivity index (χ0n) is 55.6. The van der Waals surface area contributed by atoms with Gasteiger partial charge in [0.1, 0.15) is 24.4 Å². The molecule has 0 spiro atoms. The van der Waals surface area contributed by atoms with E-state index < -0.39 is 64.2 Å². The fourth-order valence-electron chi connectivity index (χ4n) is 16.8. The van der Waals surface area contributed by atoms with Gasteiger partial charge in [0.15, 0.2) is 19.8 Å². The number of ether oxygens (including phenoxy) is 12. The average molecular weight is 1280 g/mol. The molecule has 12 aliphatic rings. The summed E-state index contributed by atoms with van der Waals surface area (Å²) in [7, 11) is 1.56. The Morgan fingerprint density at radius 1 is 0.374 bits per heavy atom. The van der Waals surface area contributed by atoms with Gasteiger partial charge in [-0.05, 0) is 143 Å². The van der Waals surface area contributed by atoms with Gasteiger partial charge in [-0.25, -0.2) is 14.4 Å². The number of hydrogen-bond acceptors (Lipinski definition) is 23. The summed E-state index contributed by atoms with van der Waals surface area (Å²) < 4.78 is 63.8. The van der Waals surface area contributed by atoms with Crippen LogP contribution in [0.4, 0.5) is 0 Å². The third kappa shape index (κ3) is 13.8. The van der Waals surface area contributed by atoms with Crippen LogP contribution in [0.2, 0.25) is 0 Å². The van der Waals surface area contributed by atoms with Gasteiger partial charge in [-0.3, -0.25) is 38.4 Å². The van der Waals surface area contributed by atoms with Crippen molar-refractivity contribution in [2.45, 2.75) is 185 Å². The highest BCUT2D eigenvalue weighted by atomic mass is 16.6. The number of esters is 11. The molecule has 22 atom stereocenters. The standard InChI is InChI=1S/C18H26O7.C18H26O6.C17H24O6.C15H22O4/c1-5-18(2,3)17(21)24-8-12(19)25-15-9-6-10(14(15)22-4)13-11(9)7-23-16(13)20;1-5-18(3,4)17(21)23-8-13(19)24-15-9(2)10-6-11(15)12-7-22-16(20)14(10)12;1-4-17(2,3)16(20)22-8-13(18)23-12-6-9-5-10(12)11-7-21-15(19)14(9)11;1-4-15(2,3)14(17)19-11-6-8-5-9(11)12-10(8)7-18-13(12)16/h9-11,13-15H,5-8H2,1-4H3;9-12,14-15H,5-8H2,1-4H3;9-12,14H,4-8H2,1-3H3;8-12H,4-7H2,1-3H3. The van der Waals surface area contributed by atoms with E-state index in [0.717, 1.165) is 38.5 Å². The molecule has 12 rings (SSSR count). The molecule has 0 N–H and O–H groups in total. The van der Waals surface area contributed by atoms with Crippen LogP contribution in [0.15, 0.2) is 0 Å². The van der Waals surface area contributed by atoms with E-state index in [4.69, 9.17) is 56.8 Å². The summed E-state index contributed by atoms with van der Waals surface area (Å²) >= 11 is 0. The van der Waals surface area contributed by atoms with Gasteiger partial charge < -0.3 is 56.8 Å². The van der Waals surface area contributed by atoms with Crippen molar-refractivity contribution >= 4 is 65.7 Å². The number of hydrogen-bond donors (Lipinski definition) is 0. The Bertz CT molecular complexity index is 2800. The lowest BCUT2D eigenvalue weighted by Crippen LogP contribution is -2.46. The monoisotopic (exact) mass is 1280 g/mol. The van der Waals surface area contributed by atoms with Crippen molar-refractivity contribution in [3.8, 4) is 0 Å². The molecule has 12 fully saturated rings. The zero-order valence-corrected chi connectivity index (χ0v) is 55.6. The topological polar surface area (TPSA) is 299 Å². The largest absolute Gasteiger partial charge is 0.465 e. The minimum atomic E-state index is -0.628. The molecule has 0 aromatic carbocycles. The summed E-state index contributed by atoms with van der Waals surface area (Å²) in [5, 5.41) is 0. The van der Waals surface area contributed by atoms with Gasteiger partial charge in [-0.15, -0.1) is 0 Å². The van der Waals surface area contributed by atoms with Gasteiger partial charge in [-0.1, -0.05) is 34.6 Å². The van der Waals surface area contributed by atoms with Crippen LogP contribution < -0.4 is 0 Å². The molecule has 0 aromatic heterocycles. The van der Waals surface area contributed by atoms with Gasteiger partial charge in [0, 0.05) is 60.4 Å². The normalized spacial score (nSPS) is 36.9. The maximum Gasteiger partial charge on any atom is 0.344 e. The molecular weight excluding hydrogens is 1180 g/mol. The zero-order chi connectivity index (χ0) is 66.6. The van der Waals surface area contributed by atoms with Crippen molar-refractivity contribution in [3.05, 3.63) is 0 Å². The third-order valence-corrected chi connectivity index (χ3v) is 23.9. The Labute approximate surface area is 533 Å². The smallest absolute Gasteiger partial charge is 0.344 e. The van der Waals surface area contributed by atoms with Crippen molar-refractivity contribution in [2.24, 2.45) is 122 Å². The second-order valence-corrected chi connectivity index (χ2v) is 30.3. The van der Waals surface area contributed by atoms with Crippen LogP contribution in [0, 0.1) is 122 Å². The van der Waals surface area contributed by atoms with E-state index in [9.17, 15) is 52.7 Å². The molecule has 4 aliphatic heterocycles. The molecule has 23 heteroatoms. The summed E-state index contributed by atoms with van der Waals surface area (Å²) in [5.74, 6) is -0.962. The molecule has 23 nitrogen and oxygen atoms in total. The number of cyclic esters (lactones) is 4. The Balaban J connectivity index is 0.000000144. The maximum absolute atomic E-state index is 12.2. The molecule has 0 radical (unpaired) electrons. The van der Waals surface area contributed by atoms with Gasteiger partial charge in [-0.2, -0.15) is 0 Å². The summed E-state index contributed by atoms with van der Waals surface area (Å²) in [5.41, 5.74) is -2.26. The van der Waals surface area contributed by atoms with Gasteiger partial charge in [0.25, 0.3) is 0 Å². The number of rotatable bonds is 19. The molecule has 4 saturated heterocycles. The highest BCUT2D eigenvalue weighted by Gasteiger charge is 2.67. The van der Waals surface area contributed by atoms with Gasteiger partial charge >= 0.3 is 65.7 Å². The Hall–Kier alpha value is -5.87. The first kappa shape index (κ1) is 69.5. The van der Waals surface area contributed by atoms with Crippen molar-refractivity contribution in [1.29, 1.82) is 0 Å². The molecular formula is C68H98O23. The van der Waals surface area contributed by atoms with Crippen LogP contribution in [-0.2, 0) is 110 Å². The lowest BCUT2D eigenvalue weighted by Gasteiger charge is -2.34. The van der Waals surface area contributed by atoms with E-state index in [1.807, 2.05) is 48.5 Å². The number of carbonyl (C=O) groups is 11. The predicted octanol–water partition coefficient (Wildman–Crippen LogP) is 7.15. The van der Waals surface area contributed by atoms with E-state index in [1.54, 1.807) is 48.7 Å². The molecule has 8 bridgehead atoms. The minimum Gasteiger partial charge on any atom is -0.465 e. The van der Waals surface area contributed by atoms with Crippen LogP contribution in [0.25, 0.3) is 0 Å². The second-order valence-electron chi connectivity index (χ2n) is 30.3. The highest BCUT2D eigenvalue weighted by Crippen LogP contribution is 2.61. The number of methoxy groups -OCH3 is 1. The molecule has 0 aromatic rings. The molecule has 8 saturated carbocycles. The van der Waals surface area contributed by atoms with Crippen molar-refractivity contribution < 1.29 is 110 Å². The van der Waals surface area contributed by atoms with Crippen LogP contribution in [0.1, 0.15) is 154 Å². The Morgan fingerprint density at radius 2 is 0.736 bits per heavy atom. The van der Waals surface area contributed by atoms with Crippen molar-refractivity contribution in [2.75, 3.05) is 53.4 Å². The maximum atomic E-state index is 12.2. The molecule has 22 unspecified atom stereocenters. The highest BCUT2D eigenvalue weighted by molar-refractivity contribution is 5.83. The average Bonchev–Trinajstić information content (AvgIpc) is 1.60. The minimum absolute atomic E-state index is 0.00173. The van der Waals surface area contributed by atoms with Gasteiger partial charge in [0.05, 0.1) is 77.9 Å². The SMILES string of the molecule is CCC(C)(C)C(=O)OC1CC2CC1C1C(=O)OCC21.CCC(C)(C)C(=O)OCC(=O)OC1C(C)C2CC1C1COC(=O)C21.CCC(C)(C)C(=O)OCC(=O)OC1C2CC(C1OC)C1C(=O)OCC21.CCC(C)(C)C(=O)OCC(=O)OC1CC2CC1C1COC(=O)C21. The van der Waals surface area contributed by atoms with Crippen LogP contribution in [0.5, 0.6) is 0 Å². The lowest BCUT2D eigenvalue weighted by molar-refractivity contribution is -0.176. The van der Waals surface area contributed by atoms with Crippen LogP contribution in [0.3, 0.4) is 0 Å². The summed E-state index contributed by atoms with van der Waals surface area (Å²) in [6, 6.07) is 0. The molecule has 508 valence electrons. The van der Waals surface area contributed by atoms with Crippen molar-refractivity contribution in [1.82, 2.24) is 0 Å². The fourth-order valence-corrected chi connectivity index (χ4v) is 16.8. The van der Waals surface area contributed by atoms with E-state index in [-0.39, 0.29) is 162 Å². The first-order chi connectivity index (χ1) is 42.8. The van der Waals surface area contributed by atoms with Crippen LogP contribution in [-0.4, -0.2) is 150 Å². The van der Waals surface area contributed by atoms with Gasteiger partial charge in [0.2, 0.25) is 0 Å². The Morgan fingerprint density at radius 3 is 1.22 bits per heavy atom. The van der Waals surface area contributed by atoms with E-state index in [0.29, 0.717) is 63.9 Å². The molecule has 0 amide bonds. The molecule has 8 aliphatic carbocycles.